The molecule has 0 atom stereocenters. The minimum absolute atomic E-state index is 0.467. The lowest BCUT2D eigenvalue weighted by Crippen LogP contribution is -2.23. The van der Waals surface area contributed by atoms with Gasteiger partial charge in [0.2, 0.25) is 0 Å². The molecular weight excluding hydrogens is 196 g/mol. The van der Waals surface area contributed by atoms with E-state index < -0.39 is 11.6 Å². The standard InChI is InChI=1S/C12H13F2N/c1-15-6-4-9(5-7-15)11-3-2-10(13)8-12(11)14/h2-4,8H,5-7H2,1H3. The predicted octanol–water partition coefficient (Wildman–Crippen LogP) is 2.68. The van der Waals surface area contributed by atoms with Crippen molar-refractivity contribution in [3.05, 3.63) is 41.5 Å². The second-order valence-corrected chi connectivity index (χ2v) is 3.87. The zero-order valence-electron chi connectivity index (χ0n) is 8.63. The number of hydrogen-bond donors (Lipinski definition) is 0. The molecule has 0 unspecified atom stereocenters. The first-order valence-electron chi connectivity index (χ1n) is 5.00. The molecule has 0 N–H and O–H groups in total. The smallest absolute Gasteiger partial charge is 0.133 e. The summed E-state index contributed by atoms with van der Waals surface area (Å²) in [5.74, 6) is -0.990. The molecule has 1 aromatic carbocycles. The molecule has 1 aliphatic rings. The van der Waals surface area contributed by atoms with Crippen LogP contribution in [0, 0.1) is 11.6 Å². The number of nitrogens with zero attached hydrogens (tertiary/aromatic N) is 1. The Morgan fingerprint density at radius 1 is 1.27 bits per heavy atom. The van der Waals surface area contributed by atoms with E-state index in [1.165, 1.54) is 12.1 Å². The van der Waals surface area contributed by atoms with Crippen LogP contribution in [0.3, 0.4) is 0 Å². The third-order valence-corrected chi connectivity index (χ3v) is 2.69. The molecule has 0 saturated heterocycles. The van der Waals surface area contributed by atoms with Crippen molar-refractivity contribution in [2.45, 2.75) is 6.42 Å². The van der Waals surface area contributed by atoms with E-state index in [0.29, 0.717) is 5.56 Å². The van der Waals surface area contributed by atoms with E-state index in [0.717, 1.165) is 31.1 Å². The molecule has 2 rings (SSSR count). The summed E-state index contributed by atoms with van der Waals surface area (Å²) in [6, 6.07) is 3.76. The van der Waals surface area contributed by atoms with Crippen molar-refractivity contribution in [1.29, 1.82) is 0 Å². The van der Waals surface area contributed by atoms with Crippen molar-refractivity contribution < 1.29 is 8.78 Å². The fourth-order valence-electron chi connectivity index (χ4n) is 1.77. The molecule has 0 radical (unpaired) electrons. The van der Waals surface area contributed by atoms with Crippen LogP contribution in [0.4, 0.5) is 8.78 Å². The number of halogens is 2. The molecule has 0 spiro atoms. The van der Waals surface area contributed by atoms with Crippen LogP contribution in [0.15, 0.2) is 24.3 Å². The summed E-state index contributed by atoms with van der Waals surface area (Å²) in [6.07, 6.45) is 2.82. The second-order valence-electron chi connectivity index (χ2n) is 3.87. The zero-order chi connectivity index (χ0) is 10.8. The molecule has 15 heavy (non-hydrogen) atoms. The van der Waals surface area contributed by atoms with Crippen molar-refractivity contribution >= 4 is 5.57 Å². The molecule has 3 heteroatoms. The van der Waals surface area contributed by atoms with Crippen LogP contribution >= 0.6 is 0 Å². The van der Waals surface area contributed by atoms with Crippen molar-refractivity contribution in [3.63, 3.8) is 0 Å². The van der Waals surface area contributed by atoms with E-state index in [2.05, 4.69) is 4.90 Å². The molecule has 0 aliphatic carbocycles. The van der Waals surface area contributed by atoms with Crippen molar-refractivity contribution in [2.24, 2.45) is 0 Å². The Hall–Kier alpha value is -1.22. The van der Waals surface area contributed by atoms with E-state index in [4.69, 9.17) is 0 Å². The SMILES string of the molecule is CN1CC=C(c2ccc(F)cc2F)CC1. The maximum atomic E-state index is 13.4. The molecular formula is C12H13F2N. The Labute approximate surface area is 88.0 Å². The first-order valence-corrected chi connectivity index (χ1v) is 5.00. The predicted molar refractivity (Wildman–Crippen MR) is 56.4 cm³/mol. The lowest BCUT2D eigenvalue weighted by atomic mass is 9.99. The van der Waals surface area contributed by atoms with Gasteiger partial charge in [-0.2, -0.15) is 0 Å². The van der Waals surface area contributed by atoms with Crippen LogP contribution < -0.4 is 0 Å². The van der Waals surface area contributed by atoms with Gasteiger partial charge in [-0.3, -0.25) is 0 Å². The number of hydrogen-bond acceptors (Lipinski definition) is 1. The summed E-state index contributed by atoms with van der Waals surface area (Å²) in [4.78, 5) is 2.16. The molecule has 0 fully saturated rings. The van der Waals surface area contributed by atoms with Crippen molar-refractivity contribution in [2.75, 3.05) is 20.1 Å². The van der Waals surface area contributed by atoms with Gasteiger partial charge >= 0.3 is 0 Å². The van der Waals surface area contributed by atoms with Gasteiger partial charge in [-0.15, -0.1) is 0 Å². The molecule has 1 aliphatic heterocycles. The van der Waals surface area contributed by atoms with E-state index in [1.807, 2.05) is 13.1 Å². The first kappa shape index (κ1) is 10.3. The van der Waals surface area contributed by atoms with E-state index in [1.54, 1.807) is 0 Å². The molecule has 0 bridgehead atoms. The number of benzene rings is 1. The summed E-state index contributed by atoms with van der Waals surface area (Å²) in [7, 11) is 2.02. The van der Waals surface area contributed by atoms with Gasteiger partial charge < -0.3 is 4.90 Å². The Morgan fingerprint density at radius 3 is 2.67 bits per heavy atom. The number of rotatable bonds is 1. The lowest BCUT2D eigenvalue weighted by molar-refractivity contribution is 0.369. The van der Waals surface area contributed by atoms with Gasteiger partial charge in [-0.25, -0.2) is 8.78 Å². The topological polar surface area (TPSA) is 3.24 Å². The van der Waals surface area contributed by atoms with Gasteiger partial charge in [0.15, 0.2) is 0 Å². The Morgan fingerprint density at radius 2 is 2.07 bits per heavy atom. The van der Waals surface area contributed by atoms with Gasteiger partial charge in [0, 0.05) is 24.7 Å². The number of likely N-dealkylation sites (N-methyl/N-ethyl adjacent to an activating group) is 1. The van der Waals surface area contributed by atoms with Gasteiger partial charge in [-0.1, -0.05) is 6.08 Å². The summed E-state index contributed by atoms with van der Waals surface area (Å²) in [6.45, 7) is 1.74. The maximum absolute atomic E-state index is 13.4. The van der Waals surface area contributed by atoms with E-state index >= 15 is 0 Å². The normalized spacial score (nSPS) is 17.7. The van der Waals surface area contributed by atoms with Crippen LogP contribution in [0.2, 0.25) is 0 Å². The first-order chi connectivity index (χ1) is 7.16. The summed E-state index contributed by atoms with van der Waals surface area (Å²) >= 11 is 0. The Bertz CT molecular complexity index is 399. The fraction of sp³-hybridized carbons (Fsp3) is 0.333. The maximum Gasteiger partial charge on any atom is 0.133 e. The lowest BCUT2D eigenvalue weighted by Gasteiger charge is -2.22. The highest BCUT2D eigenvalue weighted by Gasteiger charge is 2.13. The molecule has 0 amide bonds. The Kier molecular flexibility index (Phi) is 2.82. The average molecular weight is 209 g/mol. The molecule has 1 nitrogen and oxygen atoms in total. The zero-order valence-corrected chi connectivity index (χ0v) is 8.63. The quantitative estimate of drug-likeness (QED) is 0.687. The minimum atomic E-state index is -0.523. The van der Waals surface area contributed by atoms with Gasteiger partial charge in [0.1, 0.15) is 11.6 Å². The summed E-state index contributed by atoms with van der Waals surface area (Å²) in [5, 5.41) is 0. The van der Waals surface area contributed by atoms with E-state index in [-0.39, 0.29) is 0 Å². The van der Waals surface area contributed by atoms with Crippen LogP contribution in [0.5, 0.6) is 0 Å². The largest absolute Gasteiger partial charge is 0.302 e. The summed E-state index contributed by atoms with van der Waals surface area (Å²) < 4.78 is 26.1. The van der Waals surface area contributed by atoms with Crippen molar-refractivity contribution in [1.82, 2.24) is 4.90 Å². The van der Waals surface area contributed by atoms with Crippen LogP contribution in [-0.4, -0.2) is 25.0 Å². The van der Waals surface area contributed by atoms with E-state index in [9.17, 15) is 8.78 Å². The molecule has 1 aromatic rings. The van der Waals surface area contributed by atoms with Gasteiger partial charge in [-0.05, 0) is 31.2 Å². The monoisotopic (exact) mass is 209 g/mol. The highest BCUT2D eigenvalue weighted by molar-refractivity contribution is 5.67. The second kappa shape index (κ2) is 4.11. The molecule has 0 aromatic heterocycles. The molecule has 1 heterocycles. The third-order valence-electron chi connectivity index (χ3n) is 2.69. The third kappa shape index (κ3) is 2.23. The van der Waals surface area contributed by atoms with Crippen molar-refractivity contribution in [3.8, 4) is 0 Å². The molecule has 80 valence electrons. The summed E-state index contributed by atoms with van der Waals surface area (Å²) in [5.41, 5.74) is 1.51. The highest BCUT2D eigenvalue weighted by Crippen LogP contribution is 2.24. The van der Waals surface area contributed by atoms with Gasteiger partial charge in [0.25, 0.3) is 0 Å². The minimum Gasteiger partial charge on any atom is -0.302 e. The Balaban J connectivity index is 2.30. The van der Waals surface area contributed by atoms with Crippen LogP contribution in [-0.2, 0) is 0 Å². The van der Waals surface area contributed by atoms with Crippen LogP contribution in [0.1, 0.15) is 12.0 Å². The van der Waals surface area contributed by atoms with Gasteiger partial charge in [0.05, 0.1) is 0 Å². The molecule has 0 saturated carbocycles. The average Bonchev–Trinajstić information content (AvgIpc) is 2.20. The fourth-order valence-corrected chi connectivity index (χ4v) is 1.77. The van der Waals surface area contributed by atoms with Crippen LogP contribution in [0.25, 0.3) is 5.57 Å². The highest BCUT2D eigenvalue weighted by atomic mass is 19.1.